The fourth-order valence-corrected chi connectivity index (χ4v) is 10.2. The van der Waals surface area contributed by atoms with Crippen LogP contribution in [0.3, 0.4) is 0 Å². The van der Waals surface area contributed by atoms with Crippen molar-refractivity contribution in [1.82, 2.24) is 20.2 Å². The molecule has 0 saturated carbocycles. The molecule has 0 radical (unpaired) electrons. The van der Waals surface area contributed by atoms with Crippen molar-refractivity contribution >= 4 is 54.7 Å². The first-order valence-corrected chi connectivity index (χ1v) is 17.1. The van der Waals surface area contributed by atoms with Crippen LogP contribution in [0.25, 0.3) is 32.1 Å². The Morgan fingerprint density at radius 2 is 2.15 bits per heavy atom. The molecular formula is C33H32ClF2N7O2S. The minimum Gasteiger partial charge on any atom is -0.489 e. The van der Waals surface area contributed by atoms with Gasteiger partial charge in [0.05, 0.1) is 27.6 Å². The summed E-state index contributed by atoms with van der Waals surface area (Å²) in [5, 5.41) is 15.1. The number of alkyl halides is 1. The molecule has 13 heteroatoms. The lowest BCUT2D eigenvalue weighted by atomic mass is 9.88. The maximum absolute atomic E-state index is 17.2. The molecule has 7 heterocycles. The zero-order valence-corrected chi connectivity index (χ0v) is 26.7. The number of fused-ring (bicyclic) bond motifs is 7. The highest BCUT2D eigenvalue weighted by molar-refractivity contribution is 7.23. The van der Waals surface area contributed by atoms with Gasteiger partial charge in [-0.05, 0) is 50.8 Å². The van der Waals surface area contributed by atoms with E-state index < -0.39 is 23.6 Å². The molecule has 238 valence electrons. The lowest BCUT2D eigenvalue weighted by Crippen LogP contribution is -2.60. The van der Waals surface area contributed by atoms with E-state index >= 15 is 4.39 Å². The largest absolute Gasteiger partial charge is 0.489 e. The number of aromatic nitrogens is 2. The molecule has 9 rings (SSSR count). The van der Waals surface area contributed by atoms with Crippen molar-refractivity contribution in [2.24, 2.45) is 0 Å². The maximum atomic E-state index is 17.2. The van der Waals surface area contributed by atoms with Gasteiger partial charge in [0.25, 0.3) is 0 Å². The molecule has 0 amide bonds. The van der Waals surface area contributed by atoms with E-state index in [9.17, 15) is 9.65 Å². The predicted octanol–water partition coefficient (Wildman–Crippen LogP) is 5.80. The van der Waals surface area contributed by atoms with Gasteiger partial charge in [-0.2, -0.15) is 15.2 Å². The Morgan fingerprint density at radius 3 is 3.00 bits per heavy atom. The van der Waals surface area contributed by atoms with Gasteiger partial charge in [-0.3, -0.25) is 4.90 Å². The average Bonchev–Trinajstić information content (AvgIpc) is 3.76. The van der Waals surface area contributed by atoms with Gasteiger partial charge in [0.2, 0.25) is 0 Å². The van der Waals surface area contributed by atoms with Crippen LogP contribution in [-0.2, 0) is 0 Å². The Morgan fingerprint density at radius 1 is 1.28 bits per heavy atom. The van der Waals surface area contributed by atoms with Crippen LogP contribution in [0, 0.1) is 17.1 Å². The van der Waals surface area contributed by atoms with Crippen LogP contribution in [0.15, 0.2) is 18.2 Å². The third-order valence-corrected chi connectivity index (χ3v) is 12.3. The van der Waals surface area contributed by atoms with E-state index in [1.165, 1.54) is 11.3 Å². The van der Waals surface area contributed by atoms with Crippen molar-refractivity contribution in [3.63, 3.8) is 0 Å². The summed E-state index contributed by atoms with van der Waals surface area (Å²) in [6, 6.07) is 8.00. The van der Waals surface area contributed by atoms with E-state index in [-0.39, 0.29) is 45.8 Å². The summed E-state index contributed by atoms with van der Waals surface area (Å²) in [5.41, 5.74) is 6.59. The quantitative estimate of drug-likeness (QED) is 0.280. The van der Waals surface area contributed by atoms with Crippen molar-refractivity contribution in [1.29, 1.82) is 5.26 Å². The van der Waals surface area contributed by atoms with Crippen LogP contribution < -0.4 is 25.4 Å². The Hall–Kier alpha value is -3.50. The standard InChI is InChI=1S/C33H32ClF2N7O2S/c1-15(33-8-3-9-42(33)12-16(35)10-33)45-32-40-28-25-29(44-14-21-20-7-6-17(39-20)13-43(21)31(25)41-32)26(34)24(27(28)36)18-4-2-5-22-23(18)19(11-37)30(38)46-22/h2,4-5,15-17,20-21,39H,3,6-10,12-14,38H2,1H3/t15-,16+,17+,20-,21+,33-/m0/s1. The molecule has 46 heavy (non-hydrogen) atoms. The molecular weight excluding hydrogens is 632 g/mol. The number of anilines is 2. The molecule has 5 aliphatic heterocycles. The van der Waals surface area contributed by atoms with E-state index in [0.29, 0.717) is 59.0 Å². The molecule has 3 N–H and O–H groups in total. The number of thiophene rings is 1. The van der Waals surface area contributed by atoms with Crippen LogP contribution in [0.5, 0.6) is 11.8 Å². The summed E-state index contributed by atoms with van der Waals surface area (Å²) in [6.45, 7) is 4.15. The van der Waals surface area contributed by atoms with E-state index in [1.807, 2.05) is 13.0 Å². The Kier molecular flexibility index (Phi) is 6.39. The molecule has 9 nitrogen and oxygen atoms in total. The molecule has 4 aromatic rings. The Labute approximate surface area is 273 Å². The molecule has 0 aliphatic carbocycles. The first kappa shape index (κ1) is 28.7. The van der Waals surface area contributed by atoms with E-state index in [2.05, 4.69) is 21.2 Å². The van der Waals surface area contributed by atoms with Gasteiger partial charge in [0.1, 0.15) is 41.3 Å². The SMILES string of the molecule is C[C@H](Oc1nc2c3c(c(Cl)c(-c4cccc5sc(N)c(C#N)c45)c(F)c3n1)OC[C@@H]1[C@@H]3CC[C@H](CN21)N3)[C@@]12CCCN1C[C@H](F)C2. The molecule has 6 atom stereocenters. The van der Waals surface area contributed by atoms with Crippen LogP contribution in [0.1, 0.15) is 44.6 Å². The zero-order chi connectivity index (χ0) is 31.5. The highest BCUT2D eigenvalue weighted by Crippen LogP contribution is 2.52. The van der Waals surface area contributed by atoms with Gasteiger partial charge >= 0.3 is 6.01 Å². The highest BCUT2D eigenvalue weighted by atomic mass is 35.5. The minimum absolute atomic E-state index is 0.0300. The molecule has 2 bridgehead atoms. The maximum Gasteiger partial charge on any atom is 0.319 e. The number of nitrogen functional groups attached to an aromatic ring is 1. The minimum atomic E-state index is -0.917. The molecule has 2 aromatic carbocycles. The van der Waals surface area contributed by atoms with Gasteiger partial charge in [-0.25, -0.2) is 8.78 Å². The third-order valence-electron chi connectivity index (χ3n) is 11.0. The number of rotatable bonds is 4. The lowest BCUT2D eigenvalue weighted by molar-refractivity contribution is 0.0402. The molecule has 5 aliphatic rings. The monoisotopic (exact) mass is 663 g/mol. The van der Waals surface area contributed by atoms with Gasteiger partial charge < -0.3 is 25.4 Å². The number of benzene rings is 2. The van der Waals surface area contributed by atoms with Gasteiger partial charge in [0, 0.05) is 47.2 Å². The summed E-state index contributed by atoms with van der Waals surface area (Å²) in [5.74, 6) is 0.182. The number of ether oxygens (including phenoxy) is 2. The fourth-order valence-electron chi connectivity index (χ4n) is 8.90. The second-order valence-corrected chi connectivity index (χ2v) is 14.8. The van der Waals surface area contributed by atoms with E-state index in [4.69, 9.17) is 36.8 Å². The second kappa shape index (κ2) is 10.2. The van der Waals surface area contributed by atoms with Crippen molar-refractivity contribution in [3.05, 3.63) is 34.6 Å². The van der Waals surface area contributed by atoms with Crippen LogP contribution in [-0.4, -0.2) is 77.0 Å². The average molecular weight is 664 g/mol. The smallest absolute Gasteiger partial charge is 0.319 e. The van der Waals surface area contributed by atoms with Crippen molar-refractivity contribution in [3.8, 4) is 29.0 Å². The second-order valence-electron chi connectivity index (χ2n) is 13.3. The number of nitriles is 1. The van der Waals surface area contributed by atoms with E-state index in [1.54, 1.807) is 12.1 Å². The number of nitrogens with two attached hydrogens (primary N) is 1. The number of nitrogens with one attached hydrogen (secondary N) is 1. The van der Waals surface area contributed by atoms with Gasteiger partial charge in [-0.1, -0.05) is 23.7 Å². The van der Waals surface area contributed by atoms with Crippen molar-refractivity contribution in [2.75, 3.05) is 36.9 Å². The predicted molar refractivity (Wildman–Crippen MR) is 174 cm³/mol. The highest BCUT2D eigenvalue weighted by Gasteiger charge is 2.53. The first-order valence-electron chi connectivity index (χ1n) is 15.9. The number of halogens is 3. The topological polar surface area (TPSA) is 113 Å². The number of hydrogen-bond acceptors (Lipinski definition) is 10. The summed E-state index contributed by atoms with van der Waals surface area (Å²) in [6.07, 6.45) is 2.86. The lowest BCUT2D eigenvalue weighted by Gasteiger charge is -2.40. The van der Waals surface area contributed by atoms with Crippen LogP contribution in [0.2, 0.25) is 5.02 Å². The summed E-state index contributed by atoms with van der Waals surface area (Å²) >= 11 is 8.40. The van der Waals surface area contributed by atoms with Gasteiger partial charge in [0.15, 0.2) is 11.6 Å². The number of nitrogens with zero attached hydrogens (tertiary/aromatic N) is 5. The number of hydrogen-bond donors (Lipinski definition) is 2. The summed E-state index contributed by atoms with van der Waals surface area (Å²) < 4.78 is 45.7. The Bertz CT molecular complexity index is 1990. The van der Waals surface area contributed by atoms with Crippen molar-refractivity contribution < 1.29 is 18.3 Å². The molecule has 4 saturated heterocycles. The fraction of sp³-hybridized carbons (Fsp3) is 0.485. The number of piperazine rings is 1. The summed E-state index contributed by atoms with van der Waals surface area (Å²) in [7, 11) is 0. The van der Waals surface area contributed by atoms with Crippen LogP contribution in [0.4, 0.5) is 19.6 Å². The Balaban J connectivity index is 1.27. The summed E-state index contributed by atoms with van der Waals surface area (Å²) in [4.78, 5) is 14.1. The van der Waals surface area contributed by atoms with Crippen molar-refractivity contribution in [2.45, 2.75) is 75.0 Å². The molecule has 0 spiro atoms. The van der Waals surface area contributed by atoms with Crippen LogP contribution >= 0.6 is 22.9 Å². The zero-order valence-electron chi connectivity index (χ0n) is 25.2. The molecule has 2 aromatic heterocycles. The third kappa shape index (κ3) is 3.95. The first-order chi connectivity index (χ1) is 22.3. The van der Waals surface area contributed by atoms with E-state index in [0.717, 1.165) is 36.9 Å². The molecule has 4 fully saturated rings. The normalized spacial score (nSPS) is 29.0. The molecule has 0 unspecified atom stereocenters. The van der Waals surface area contributed by atoms with Gasteiger partial charge in [-0.15, -0.1) is 11.3 Å².